The van der Waals surface area contributed by atoms with Gasteiger partial charge in [-0.15, -0.1) is 0 Å². The van der Waals surface area contributed by atoms with Crippen molar-refractivity contribution in [1.29, 1.82) is 0 Å². The lowest BCUT2D eigenvalue weighted by Gasteiger charge is -2.22. The van der Waals surface area contributed by atoms with Crippen LogP contribution in [0.2, 0.25) is 0 Å². The largest absolute Gasteiger partial charge is 0.465 e. The quantitative estimate of drug-likeness (QED) is 0.0682. The Bertz CT molecular complexity index is 1990. The number of nitrogen functional groups attached to an aromatic ring is 1. The van der Waals surface area contributed by atoms with E-state index in [1.807, 2.05) is 116 Å². The second kappa shape index (κ2) is 22.7. The molecule has 0 aliphatic rings. The van der Waals surface area contributed by atoms with E-state index in [0.29, 0.717) is 28.7 Å². The number of ether oxygens (including phenoxy) is 4. The first-order chi connectivity index (χ1) is 26.6. The minimum absolute atomic E-state index is 0.228. The second-order valence-corrected chi connectivity index (χ2v) is 17.1. The number of hydrogen-bond donors (Lipinski definition) is 2. The lowest BCUT2D eigenvalue weighted by atomic mass is 10.0. The molecular formula is C44H53Br3N2O8. The van der Waals surface area contributed by atoms with E-state index in [1.54, 1.807) is 24.3 Å². The Morgan fingerprint density at radius 2 is 1.07 bits per heavy atom. The van der Waals surface area contributed by atoms with Crippen LogP contribution in [0.3, 0.4) is 0 Å². The highest BCUT2D eigenvalue weighted by atomic mass is 79.9. The lowest BCUT2D eigenvalue weighted by molar-refractivity contribution is -0.157. The molecule has 10 nitrogen and oxygen atoms in total. The summed E-state index contributed by atoms with van der Waals surface area (Å²) >= 11 is 10.2. The minimum atomic E-state index is -0.517. The van der Waals surface area contributed by atoms with Crippen LogP contribution in [0.5, 0.6) is 0 Å². The van der Waals surface area contributed by atoms with E-state index in [4.69, 9.17) is 19.9 Å². The molecule has 308 valence electrons. The molecule has 0 spiro atoms. The van der Waals surface area contributed by atoms with E-state index in [-0.39, 0.29) is 35.7 Å². The molecule has 0 aliphatic heterocycles. The van der Waals surface area contributed by atoms with E-state index >= 15 is 0 Å². The standard InChI is InChI=1S/C22H26BrNO4.C13H18BrNO2.C9H9BrO2/c1-14(20(25)28-22(2,3)4)15-10-11-19(18(23)12-15)24-13-16-8-6-7-9-17(16)21(26)27-5;1-8(12(16)17-13(2,3)4)9-5-6-11(15)10(14)7-9;1-12-9(11)8-5-3-2-4-7(8)6-10/h6-12,14,24H,13H2,1-5H3;5-8H,15H2,1-4H3;2-5H,6H2,1H3. The van der Waals surface area contributed by atoms with Crippen molar-refractivity contribution < 1.29 is 38.1 Å². The molecule has 0 aliphatic carbocycles. The van der Waals surface area contributed by atoms with Gasteiger partial charge in [0.1, 0.15) is 11.2 Å². The Hall–Kier alpha value is -4.20. The van der Waals surface area contributed by atoms with Crippen LogP contribution in [-0.2, 0) is 40.4 Å². The third-order valence-corrected chi connectivity index (χ3v) is 9.94. The number of benzene rings is 4. The number of anilines is 2. The number of nitrogens with one attached hydrogen (secondary N) is 1. The number of carbonyl (C=O) groups excluding carboxylic acids is 4. The molecule has 2 unspecified atom stereocenters. The van der Waals surface area contributed by atoms with Crippen molar-refractivity contribution in [3.8, 4) is 0 Å². The highest BCUT2D eigenvalue weighted by Gasteiger charge is 2.24. The first-order valence-electron chi connectivity index (χ1n) is 18.0. The van der Waals surface area contributed by atoms with Crippen molar-refractivity contribution in [2.75, 3.05) is 25.3 Å². The van der Waals surface area contributed by atoms with Gasteiger partial charge in [0, 0.05) is 32.2 Å². The average Bonchev–Trinajstić information content (AvgIpc) is 3.16. The maximum Gasteiger partial charge on any atom is 0.338 e. The van der Waals surface area contributed by atoms with E-state index in [0.717, 1.165) is 36.9 Å². The van der Waals surface area contributed by atoms with Crippen LogP contribution in [0.1, 0.15) is 110 Å². The molecule has 0 aromatic heterocycles. The van der Waals surface area contributed by atoms with Gasteiger partial charge in [0.05, 0.1) is 37.2 Å². The Morgan fingerprint density at radius 3 is 1.49 bits per heavy atom. The van der Waals surface area contributed by atoms with Crippen LogP contribution in [0, 0.1) is 0 Å². The smallest absolute Gasteiger partial charge is 0.338 e. The van der Waals surface area contributed by atoms with Gasteiger partial charge in [0.2, 0.25) is 0 Å². The summed E-state index contributed by atoms with van der Waals surface area (Å²) in [7, 11) is 2.75. The number of esters is 4. The minimum Gasteiger partial charge on any atom is -0.465 e. The van der Waals surface area contributed by atoms with Gasteiger partial charge in [0.15, 0.2) is 0 Å². The third kappa shape index (κ3) is 16.3. The topological polar surface area (TPSA) is 143 Å². The van der Waals surface area contributed by atoms with Gasteiger partial charge in [-0.25, -0.2) is 9.59 Å². The van der Waals surface area contributed by atoms with Gasteiger partial charge in [-0.05, 0) is 146 Å². The molecule has 3 N–H and O–H groups in total. The monoisotopic (exact) mass is 974 g/mol. The predicted molar refractivity (Wildman–Crippen MR) is 237 cm³/mol. The number of alkyl halides is 1. The molecule has 0 fully saturated rings. The summed E-state index contributed by atoms with van der Waals surface area (Å²) < 4.78 is 21.9. The molecule has 0 amide bonds. The molecule has 4 rings (SSSR count). The fourth-order valence-corrected chi connectivity index (χ4v) is 6.35. The Labute approximate surface area is 362 Å². The summed E-state index contributed by atoms with van der Waals surface area (Å²) in [6.07, 6.45) is 0. The number of carbonyl (C=O) groups is 4. The Morgan fingerprint density at radius 1 is 0.649 bits per heavy atom. The maximum absolute atomic E-state index is 12.3. The average molecular weight is 978 g/mol. The predicted octanol–water partition coefficient (Wildman–Crippen LogP) is 11.1. The summed E-state index contributed by atoms with van der Waals surface area (Å²) in [6, 6.07) is 25.8. The zero-order chi connectivity index (χ0) is 43.1. The molecule has 0 saturated carbocycles. The van der Waals surface area contributed by atoms with Gasteiger partial charge < -0.3 is 30.0 Å². The molecule has 0 radical (unpaired) electrons. The first-order valence-corrected chi connectivity index (χ1v) is 20.7. The number of rotatable bonds is 10. The van der Waals surface area contributed by atoms with Crippen molar-refractivity contribution in [3.63, 3.8) is 0 Å². The number of halogens is 3. The molecule has 2 atom stereocenters. The van der Waals surface area contributed by atoms with Crippen molar-refractivity contribution in [1.82, 2.24) is 0 Å². The van der Waals surface area contributed by atoms with Crippen LogP contribution in [0.15, 0.2) is 93.9 Å². The van der Waals surface area contributed by atoms with Crippen LogP contribution >= 0.6 is 47.8 Å². The van der Waals surface area contributed by atoms with E-state index in [2.05, 4.69) is 57.8 Å². The molecule has 13 heteroatoms. The fourth-order valence-electron chi connectivity index (χ4n) is 4.93. The van der Waals surface area contributed by atoms with Gasteiger partial charge in [-0.1, -0.05) is 64.5 Å². The van der Waals surface area contributed by atoms with Gasteiger partial charge in [0.25, 0.3) is 0 Å². The summed E-state index contributed by atoms with van der Waals surface area (Å²) in [6.45, 7) is 15.3. The van der Waals surface area contributed by atoms with Crippen LogP contribution < -0.4 is 11.1 Å². The highest BCUT2D eigenvalue weighted by molar-refractivity contribution is 9.11. The van der Waals surface area contributed by atoms with Crippen molar-refractivity contribution >= 4 is 83.0 Å². The molecular weight excluding hydrogens is 924 g/mol. The maximum atomic E-state index is 12.3. The molecule has 57 heavy (non-hydrogen) atoms. The van der Waals surface area contributed by atoms with Gasteiger partial charge in [-0.3, -0.25) is 9.59 Å². The van der Waals surface area contributed by atoms with E-state index in [9.17, 15) is 19.2 Å². The molecule has 4 aromatic rings. The zero-order valence-corrected chi connectivity index (χ0v) is 38.9. The van der Waals surface area contributed by atoms with Gasteiger partial charge in [-0.2, -0.15) is 0 Å². The molecule has 0 bridgehead atoms. The second-order valence-electron chi connectivity index (χ2n) is 14.8. The van der Waals surface area contributed by atoms with Gasteiger partial charge >= 0.3 is 23.9 Å². The van der Waals surface area contributed by atoms with Crippen molar-refractivity contribution in [2.45, 2.75) is 90.3 Å². The normalized spacial score (nSPS) is 11.9. The summed E-state index contributed by atoms with van der Waals surface area (Å²) in [5, 5.41) is 3.98. The molecule has 0 saturated heterocycles. The van der Waals surface area contributed by atoms with Crippen LogP contribution in [0.4, 0.5) is 11.4 Å². The first kappa shape index (κ1) is 48.9. The highest BCUT2D eigenvalue weighted by Crippen LogP contribution is 2.30. The Kier molecular flexibility index (Phi) is 19.5. The zero-order valence-electron chi connectivity index (χ0n) is 34.1. The van der Waals surface area contributed by atoms with E-state index < -0.39 is 11.2 Å². The Balaban J connectivity index is 0.000000327. The van der Waals surface area contributed by atoms with Crippen molar-refractivity contribution in [2.24, 2.45) is 0 Å². The number of methoxy groups -OCH3 is 2. The lowest BCUT2D eigenvalue weighted by Crippen LogP contribution is -2.26. The summed E-state index contributed by atoms with van der Waals surface area (Å²) in [4.78, 5) is 47.2. The van der Waals surface area contributed by atoms with Crippen LogP contribution in [0.25, 0.3) is 0 Å². The molecule has 0 heterocycles. The third-order valence-electron chi connectivity index (χ3n) is 8.00. The van der Waals surface area contributed by atoms with E-state index in [1.165, 1.54) is 14.2 Å². The SMILES string of the molecule is CC(C(=O)OC(C)(C)C)c1ccc(N)c(Br)c1.COC(=O)c1ccccc1CBr.COC(=O)c1ccccc1CNc1ccc(C(C)C(=O)OC(C)(C)C)cc1Br. The summed E-state index contributed by atoms with van der Waals surface area (Å²) in [5.41, 5.74) is 10.9. The molecule has 4 aromatic carbocycles. The number of nitrogens with two attached hydrogens (primary N) is 1. The van der Waals surface area contributed by atoms with Crippen LogP contribution in [-0.4, -0.2) is 49.3 Å². The van der Waals surface area contributed by atoms with Crippen molar-refractivity contribution in [3.05, 3.63) is 127 Å². The summed E-state index contributed by atoms with van der Waals surface area (Å²) in [5.74, 6) is -1.81. The fraction of sp³-hybridized carbons (Fsp3) is 0.364. The number of hydrogen-bond acceptors (Lipinski definition) is 10.